The molecule has 0 heterocycles. The van der Waals surface area contributed by atoms with Crippen LogP contribution >= 0.6 is 23.2 Å². The number of benzene rings is 2. The Morgan fingerprint density at radius 1 is 1.09 bits per heavy atom. The maximum Gasteiger partial charge on any atom is 0.265 e. The Hall–Kier alpha value is -1.71. The maximum absolute atomic E-state index is 12.3. The summed E-state index contributed by atoms with van der Waals surface area (Å²) in [4.78, 5) is 12.3. The number of hydrogen-bond donors (Lipinski definition) is 1. The molecule has 0 spiro atoms. The molecule has 5 heteroatoms. The molecule has 1 amide bonds. The van der Waals surface area contributed by atoms with Crippen molar-refractivity contribution in [3.63, 3.8) is 0 Å². The van der Waals surface area contributed by atoms with Gasteiger partial charge in [0.25, 0.3) is 5.91 Å². The standard InChI is InChI=1S/C17H17Cl2NO2/c1-10-6-4-9-15(11(10)2)22-12(3)17(21)20-16-13(18)7-5-8-14(16)19/h4-9,12H,1-3H3,(H,20,21)/t12-/m1/s1. The number of halogens is 2. The second kappa shape index (κ2) is 7.03. The molecule has 22 heavy (non-hydrogen) atoms. The summed E-state index contributed by atoms with van der Waals surface area (Å²) in [6, 6.07) is 10.8. The quantitative estimate of drug-likeness (QED) is 0.850. The van der Waals surface area contributed by atoms with E-state index in [0.29, 0.717) is 21.5 Å². The lowest BCUT2D eigenvalue weighted by Crippen LogP contribution is -2.30. The van der Waals surface area contributed by atoms with Crippen LogP contribution in [0.2, 0.25) is 10.0 Å². The molecule has 0 radical (unpaired) electrons. The highest BCUT2D eigenvalue weighted by Gasteiger charge is 2.18. The SMILES string of the molecule is Cc1cccc(O[C@H](C)C(=O)Nc2c(Cl)cccc2Cl)c1C. The van der Waals surface area contributed by atoms with Crippen LogP contribution in [0.1, 0.15) is 18.1 Å². The first-order valence-electron chi connectivity index (χ1n) is 6.88. The molecule has 2 rings (SSSR count). The highest BCUT2D eigenvalue weighted by molar-refractivity contribution is 6.39. The van der Waals surface area contributed by atoms with Gasteiger partial charge in [-0.3, -0.25) is 4.79 Å². The van der Waals surface area contributed by atoms with E-state index in [-0.39, 0.29) is 5.91 Å². The third-order valence-electron chi connectivity index (χ3n) is 3.44. The molecule has 1 atom stereocenters. The molecule has 116 valence electrons. The van der Waals surface area contributed by atoms with E-state index in [1.807, 2.05) is 32.0 Å². The van der Waals surface area contributed by atoms with E-state index >= 15 is 0 Å². The van der Waals surface area contributed by atoms with Gasteiger partial charge >= 0.3 is 0 Å². The zero-order chi connectivity index (χ0) is 16.3. The van der Waals surface area contributed by atoms with Crippen molar-refractivity contribution in [1.82, 2.24) is 0 Å². The van der Waals surface area contributed by atoms with Crippen LogP contribution in [0, 0.1) is 13.8 Å². The van der Waals surface area contributed by atoms with Gasteiger partial charge in [-0.05, 0) is 50.1 Å². The number of carbonyl (C=O) groups is 1. The van der Waals surface area contributed by atoms with Crippen molar-refractivity contribution in [2.75, 3.05) is 5.32 Å². The largest absolute Gasteiger partial charge is 0.481 e. The highest BCUT2D eigenvalue weighted by atomic mass is 35.5. The van der Waals surface area contributed by atoms with E-state index in [1.54, 1.807) is 25.1 Å². The Morgan fingerprint density at radius 3 is 2.32 bits per heavy atom. The van der Waals surface area contributed by atoms with Crippen molar-refractivity contribution in [3.8, 4) is 5.75 Å². The third-order valence-corrected chi connectivity index (χ3v) is 4.07. The number of carbonyl (C=O) groups excluding carboxylic acids is 1. The maximum atomic E-state index is 12.3. The molecular formula is C17H17Cl2NO2. The average Bonchev–Trinajstić information content (AvgIpc) is 2.47. The lowest BCUT2D eigenvalue weighted by atomic mass is 10.1. The fourth-order valence-electron chi connectivity index (χ4n) is 1.94. The van der Waals surface area contributed by atoms with Gasteiger partial charge in [-0.15, -0.1) is 0 Å². The average molecular weight is 338 g/mol. The Kier molecular flexibility index (Phi) is 5.33. The first-order valence-corrected chi connectivity index (χ1v) is 7.63. The second-order valence-corrected chi connectivity index (χ2v) is 5.86. The minimum absolute atomic E-state index is 0.309. The topological polar surface area (TPSA) is 38.3 Å². The van der Waals surface area contributed by atoms with Gasteiger partial charge in [0.15, 0.2) is 6.10 Å². The van der Waals surface area contributed by atoms with Crippen LogP contribution in [0.25, 0.3) is 0 Å². The molecular weight excluding hydrogens is 321 g/mol. The van der Waals surface area contributed by atoms with Crippen LogP contribution < -0.4 is 10.1 Å². The number of hydrogen-bond acceptors (Lipinski definition) is 2. The molecule has 3 nitrogen and oxygen atoms in total. The van der Waals surface area contributed by atoms with Gasteiger partial charge in [-0.1, -0.05) is 41.4 Å². The van der Waals surface area contributed by atoms with E-state index in [2.05, 4.69) is 5.32 Å². The van der Waals surface area contributed by atoms with Crippen molar-refractivity contribution < 1.29 is 9.53 Å². The number of aryl methyl sites for hydroxylation is 1. The summed E-state index contributed by atoms with van der Waals surface area (Å²) in [6.45, 7) is 5.64. The zero-order valence-corrected chi connectivity index (χ0v) is 14.1. The van der Waals surface area contributed by atoms with E-state index in [0.717, 1.165) is 11.1 Å². The lowest BCUT2D eigenvalue weighted by molar-refractivity contribution is -0.122. The molecule has 1 N–H and O–H groups in total. The number of nitrogens with one attached hydrogen (secondary N) is 1. The van der Waals surface area contributed by atoms with E-state index in [4.69, 9.17) is 27.9 Å². The first kappa shape index (κ1) is 16.7. The monoisotopic (exact) mass is 337 g/mol. The Morgan fingerprint density at radius 2 is 1.68 bits per heavy atom. The fourth-order valence-corrected chi connectivity index (χ4v) is 2.43. The Labute approximate surface area is 140 Å². The summed E-state index contributed by atoms with van der Waals surface area (Å²) < 4.78 is 5.74. The molecule has 0 aliphatic carbocycles. The van der Waals surface area contributed by atoms with Crippen molar-refractivity contribution in [2.24, 2.45) is 0 Å². The minimum atomic E-state index is -0.673. The van der Waals surface area contributed by atoms with Crippen LogP contribution in [0.5, 0.6) is 5.75 Å². The van der Waals surface area contributed by atoms with Crippen LogP contribution in [0.15, 0.2) is 36.4 Å². The fraction of sp³-hybridized carbons (Fsp3) is 0.235. The molecule has 0 aromatic heterocycles. The van der Waals surface area contributed by atoms with Crippen molar-refractivity contribution in [2.45, 2.75) is 26.9 Å². The van der Waals surface area contributed by atoms with E-state index < -0.39 is 6.10 Å². The molecule has 0 saturated carbocycles. The van der Waals surface area contributed by atoms with Gasteiger partial charge in [-0.25, -0.2) is 0 Å². The van der Waals surface area contributed by atoms with E-state index in [1.165, 1.54) is 0 Å². The molecule has 2 aromatic carbocycles. The second-order valence-electron chi connectivity index (χ2n) is 5.04. The van der Waals surface area contributed by atoms with Gasteiger partial charge in [-0.2, -0.15) is 0 Å². The Bertz CT molecular complexity index is 681. The molecule has 0 bridgehead atoms. The summed E-state index contributed by atoms with van der Waals surface area (Å²) in [7, 11) is 0. The summed E-state index contributed by atoms with van der Waals surface area (Å²) in [5, 5.41) is 3.48. The van der Waals surface area contributed by atoms with Crippen LogP contribution in [0.4, 0.5) is 5.69 Å². The molecule has 0 unspecified atom stereocenters. The number of amides is 1. The minimum Gasteiger partial charge on any atom is -0.481 e. The molecule has 0 aliphatic heterocycles. The Balaban J connectivity index is 2.11. The van der Waals surface area contributed by atoms with Gasteiger partial charge in [0.05, 0.1) is 15.7 Å². The first-order chi connectivity index (χ1) is 10.4. The number of anilines is 1. The smallest absolute Gasteiger partial charge is 0.265 e. The molecule has 0 fully saturated rings. The van der Waals surface area contributed by atoms with Crippen LogP contribution in [0.3, 0.4) is 0 Å². The van der Waals surface area contributed by atoms with E-state index in [9.17, 15) is 4.79 Å². The number of rotatable bonds is 4. The van der Waals surface area contributed by atoms with Crippen molar-refractivity contribution in [3.05, 3.63) is 57.6 Å². The predicted octanol–water partition coefficient (Wildman–Crippen LogP) is 5.02. The number of ether oxygens (including phenoxy) is 1. The normalized spacial score (nSPS) is 11.9. The molecule has 0 aliphatic rings. The summed E-state index contributed by atoms with van der Waals surface area (Å²) in [5.74, 6) is 0.379. The van der Waals surface area contributed by atoms with Crippen LogP contribution in [-0.2, 0) is 4.79 Å². The molecule has 2 aromatic rings. The summed E-state index contributed by atoms with van der Waals surface area (Å²) in [5.41, 5.74) is 2.52. The zero-order valence-electron chi connectivity index (χ0n) is 12.6. The van der Waals surface area contributed by atoms with Crippen LogP contribution in [-0.4, -0.2) is 12.0 Å². The van der Waals surface area contributed by atoms with Gasteiger partial charge < -0.3 is 10.1 Å². The van der Waals surface area contributed by atoms with Crippen molar-refractivity contribution >= 4 is 34.8 Å². The van der Waals surface area contributed by atoms with Gasteiger partial charge in [0.2, 0.25) is 0 Å². The van der Waals surface area contributed by atoms with Gasteiger partial charge in [0.1, 0.15) is 5.75 Å². The predicted molar refractivity (Wildman–Crippen MR) is 91.1 cm³/mol. The highest BCUT2D eigenvalue weighted by Crippen LogP contribution is 2.30. The van der Waals surface area contributed by atoms with Gasteiger partial charge in [0, 0.05) is 0 Å². The molecule has 0 saturated heterocycles. The van der Waals surface area contributed by atoms with Crippen molar-refractivity contribution in [1.29, 1.82) is 0 Å². The number of para-hydroxylation sites is 1. The third kappa shape index (κ3) is 3.73. The summed E-state index contributed by atoms with van der Waals surface area (Å²) >= 11 is 12.1. The summed E-state index contributed by atoms with van der Waals surface area (Å²) in [6.07, 6.45) is -0.673. The lowest BCUT2D eigenvalue weighted by Gasteiger charge is -2.18.